The maximum absolute atomic E-state index is 12.7. The van der Waals surface area contributed by atoms with Crippen LogP contribution < -0.4 is 5.73 Å². The molecule has 0 spiro atoms. The first-order chi connectivity index (χ1) is 9.60. The Morgan fingerprint density at radius 1 is 1.10 bits per heavy atom. The van der Waals surface area contributed by atoms with Crippen LogP contribution in [0, 0.1) is 0 Å². The second-order valence-electron chi connectivity index (χ2n) is 6.29. The molecule has 3 nitrogen and oxygen atoms in total. The van der Waals surface area contributed by atoms with Crippen molar-refractivity contribution >= 4 is 9.84 Å². The van der Waals surface area contributed by atoms with E-state index >= 15 is 0 Å². The maximum Gasteiger partial charge on any atom is 0.181 e. The second kappa shape index (κ2) is 5.15. The molecule has 110 valence electrons. The van der Waals surface area contributed by atoms with Crippen molar-refractivity contribution in [2.45, 2.75) is 60.5 Å². The van der Waals surface area contributed by atoms with Crippen LogP contribution in [0.4, 0.5) is 0 Å². The topological polar surface area (TPSA) is 60.2 Å². The lowest BCUT2D eigenvalue weighted by Gasteiger charge is -2.38. The lowest BCUT2D eigenvalue weighted by Crippen LogP contribution is -2.38. The number of hydrogen-bond acceptors (Lipinski definition) is 3. The Kier molecular flexibility index (Phi) is 3.63. The van der Waals surface area contributed by atoms with E-state index in [-0.39, 0.29) is 10.7 Å². The summed E-state index contributed by atoms with van der Waals surface area (Å²) in [6.45, 7) is 0.546. The van der Waals surface area contributed by atoms with Crippen LogP contribution in [0.3, 0.4) is 0 Å². The quantitative estimate of drug-likeness (QED) is 0.928. The van der Waals surface area contributed by atoms with Crippen molar-refractivity contribution in [3.8, 4) is 0 Å². The van der Waals surface area contributed by atoms with Gasteiger partial charge < -0.3 is 5.73 Å². The molecule has 2 fully saturated rings. The first-order valence-corrected chi connectivity index (χ1v) is 9.18. The van der Waals surface area contributed by atoms with Gasteiger partial charge in [-0.25, -0.2) is 8.42 Å². The molecule has 0 unspecified atom stereocenters. The third kappa shape index (κ3) is 2.29. The monoisotopic (exact) mass is 293 g/mol. The molecular weight excluding hydrogens is 270 g/mol. The van der Waals surface area contributed by atoms with Crippen molar-refractivity contribution in [1.29, 1.82) is 0 Å². The molecule has 1 aromatic carbocycles. The molecular formula is C16H23NO2S. The number of rotatable bonds is 4. The Morgan fingerprint density at radius 3 is 2.35 bits per heavy atom. The summed E-state index contributed by atoms with van der Waals surface area (Å²) in [6.07, 6.45) is 7.18. The van der Waals surface area contributed by atoms with Crippen LogP contribution in [0.2, 0.25) is 0 Å². The number of benzene rings is 1. The molecule has 0 radical (unpaired) electrons. The van der Waals surface area contributed by atoms with E-state index in [1.54, 1.807) is 6.07 Å². The fourth-order valence-electron chi connectivity index (χ4n) is 3.52. The maximum atomic E-state index is 12.7. The zero-order valence-electron chi connectivity index (χ0n) is 11.8. The summed E-state index contributed by atoms with van der Waals surface area (Å²) in [5.74, 6) is 0. The molecule has 2 saturated carbocycles. The molecule has 4 heteroatoms. The Bertz CT molecular complexity index is 584. The van der Waals surface area contributed by atoms with Gasteiger partial charge in [0.2, 0.25) is 0 Å². The Hall–Kier alpha value is -0.870. The van der Waals surface area contributed by atoms with Gasteiger partial charge in [0.25, 0.3) is 0 Å². The molecule has 0 aromatic heterocycles. The van der Waals surface area contributed by atoms with Gasteiger partial charge in [0.1, 0.15) is 0 Å². The van der Waals surface area contributed by atoms with Gasteiger partial charge >= 0.3 is 0 Å². The summed E-state index contributed by atoms with van der Waals surface area (Å²) in [7, 11) is -3.15. The van der Waals surface area contributed by atoms with Crippen LogP contribution >= 0.6 is 0 Å². The highest BCUT2D eigenvalue weighted by atomic mass is 32.2. The van der Waals surface area contributed by atoms with Gasteiger partial charge in [0.05, 0.1) is 10.1 Å². The third-order valence-electron chi connectivity index (χ3n) is 4.93. The van der Waals surface area contributed by atoms with E-state index < -0.39 is 9.84 Å². The van der Waals surface area contributed by atoms with Crippen LogP contribution in [0.25, 0.3) is 0 Å². The van der Waals surface area contributed by atoms with Gasteiger partial charge in [-0.2, -0.15) is 0 Å². The van der Waals surface area contributed by atoms with Crippen LogP contribution in [0.1, 0.15) is 50.5 Å². The summed E-state index contributed by atoms with van der Waals surface area (Å²) in [5, 5.41) is -0.151. The second-order valence-corrected chi connectivity index (χ2v) is 8.48. The lowest BCUT2D eigenvalue weighted by molar-refractivity contribution is 0.296. The van der Waals surface area contributed by atoms with Crippen molar-refractivity contribution in [1.82, 2.24) is 0 Å². The predicted octanol–water partition coefficient (Wildman–Crippen LogP) is 2.78. The average molecular weight is 293 g/mol. The molecule has 2 aliphatic rings. The summed E-state index contributed by atoms with van der Waals surface area (Å²) in [6, 6.07) is 7.57. The smallest absolute Gasteiger partial charge is 0.181 e. The Morgan fingerprint density at radius 2 is 1.75 bits per heavy atom. The van der Waals surface area contributed by atoms with Crippen molar-refractivity contribution in [2.24, 2.45) is 5.73 Å². The zero-order chi connectivity index (χ0) is 14.2. The SMILES string of the molecule is NCC1(c2ccccc2S(=O)(=O)C2CC2)CCCCC1. The molecule has 0 heterocycles. The molecule has 2 aliphatic carbocycles. The molecule has 3 rings (SSSR count). The first kappa shape index (κ1) is 14.1. The van der Waals surface area contributed by atoms with E-state index in [0.29, 0.717) is 11.4 Å². The number of hydrogen-bond donors (Lipinski definition) is 1. The van der Waals surface area contributed by atoms with Gasteiger partial charge in [-0.3, -0.25) is 0 Å². The van der Waals surface area contributed by atoms with Gasteiger partial charge in [-0.1, -0.05) is 37.5 Å². The van der Waals surface area contributed by atoms with Crippen LogP contribution in [-0.2, 0) is 15.3 Å². The predicted molar refractivity (Wildman–Crippen MR) is 80.5 cm³/mol. The summed E-state index contributed by atoms with van der Waals surface area (Å²) < 4.78 is 25.4. The van der Waals surface area contributed by atoms with Crippen LogP contribution in [-0.4, -0.2) is 20.2 Å². The van der Waals surface area contributed by atoms with Gasteiger partial charge in [-0.15, -0.1) is 0 Å². The highest BCUT2D eigenvalue weighted by molar-refractivity contribution is 7.92. The molecule has 0 amide bonds. The van der Waals surface area contributed by atoms with Crippen molar-refractivity contribution in [3.63, 3.8) is 0 Å². The number of nitrogens with two attached hydrogens (primary N) is 1. The van der Waals surface area contributed by atoms with Crippen molar-refractivity contribution < 1.29 is 8.42 Å². The highest BCUT2D eigenvalue weighted by Gasteiger charge is 2.42. The van der Waals surface area contributed by atoms with E-state index in [1.807, 2.05) is 18.2 Å². The fraction of sp³-hybridized carbons (Fsp3) is 0.625. The molecule has 1 aromatic rings. The van der Waals surface area contributed by atoms with Crippen LogP contribution in [0.5, 0.6) is 0 Å². The molecule has 20 heavy (non-hydrogen) atoms. The molecule has 0 saturated heterocycles. The standard InChI is InChI=1S/C16H23NO2S/c17-12-16(10-4-1-5-11-16)14-6-2-3-7-15(14)20(18,19)13-8-9-13/h2-3,6-7,13H,1,4-5,8-12,17H2. The molecule has 0 bridgehead atoms. The van der Waals surface area contributed by atoms with Gasteiger partial charge in [0, 0.05) is 12.0 Å². The minimum absolute atomic E-state index is 0.128. The van der Waals surface area contributed by atoms with Gasteiger partial charge in [-0.05, 0) is 37.3 Å². The van der Waals surface area contributed by atoms with E-state index in [2.05, 4.69) is 0 Å². The van der Waals surface area contributed by atoms with E-state index in [4.69, 9.17) is 5.73 Å². The summed E-state index contributed by atoms with van der Waals surface area (Å²) in [4.78, 5) is 0.551. The first-order valence-electron chi connectivity index (χ1n) is 7.64. The Balaban J connectivity index is 2.09. The third-order valence-corrected chi connectivity index (χ3v) is 7.25. The van der Waals surface area contributed by atoms with E-state index in [0.717, 1.165) is 44.1 Å². The molecule has 2 N–H and O–H groups in total. The van der Waals surface area contributed by atoms with E-state index in [9.17, 15) is 8.42 Å². The Labute approximate surface area is 121 Å². The van der Waals surface area contributed by atoms with Gasteiger partial charge in [0.15, 0.2) is 9.84 Å². The minimum atomic E-state index is -3.15. The largest absolute Gasteiger partial charge is 0.330 e. The molecule has 0 aliphatic heterocycles. The number of sulfone groups is 1. The summed E-state index contributed by atoms with van der Waals surface area (Å²) >= 11 is 0. The normalized spacial score (nSPS) is 22.6. The summed E-state index contributed by atoms with van der Waals surface area (Å²) in [5.41, 5.74) is 6.93. The fourth-order valence-corrected chi connectivity index (χ4v) is 5.50. The van der Waals surface area contributed by atoms with Crippen molar-refractivity contribution in [3.05, 3.63) is 29.8 Å². The van der Waals surface area contributed by atoms with Crippen LogP contribution in [0.15, 0.2) is 29.2 Å². The van der Waals surface area contributed by atoms with E-state index in [1.165, 1.54) is 6.42 Å². The minimum Gasteiger partial charge on any atom is -0.330 e. The lowest BCUT2D eigenvalue weighted by atomic mass is 9.69. The van der Waals surface area contributed by atoms with Crippen molar-refractivity contribution in [2.75, 3.05) is 6.54 Å². The zero-order valence-corrected chi connectivity index (χ0v) is 12.7. The highest BCUT2D eigenvalue weighted by Crippen LogP contribution is 2.43. The molecule has 0 atom stereocenters. The average Bonchev–Trinajstić information content (AvgIpc) is 3.33.